The molecule has 0 saturated heterocycles. The van der Waals surface area contributed by atoms with E-state index >= 15 is 0 Å². The minimum atomic E-state index is 0.402. The second kappa shape index (κ2) is 4.91. The number of allylic oxidation sites excluding steroid dienone is 2. The zero-order chi connectivity index (χ0) is 11.7. The average Bonchev–Trinajstić information content (AvgIpc) is 2.26. The number of aliphatic hydroxyl groups is 1. The first-order valence-corrected chi connectivity index (χ1v) is 6.90. The van der Waals surface area contributed by atoms with Gasteiger partial charge < -0.3 is 5.11 Å². The highest BCUT2D eigenvalue weighted by Gasteiger charge is 2.40. The van der Waals surface area contributed by atoms with Gasteiger partial charge in [-0.15, -0.1) is 0 Å². The summed E-state index contributed by atoms with van der Waals surface area (Å²) < 4.78 is 0. The minimum Gasteiger partial charge on any atom is -0.396 e. The van der Waals surface area contributed by atoms with Crippen molar-refractivity contribution in [3.63, 3.8) is 0 Å². The van der Waals surface area contributed by atoms with Crippen molar-refractivity contribution in [3.8, 4) is 0 Å². The Hall–Kier alpha value is -0.300. The third-order valence-corrected chi connectivity index (χ3v) is 4.96. The second-order valence-electron chi connectivity index (χ2n) is 6.25. The first-order chi connectivity index (χ1) is 7.63. The van der Waals surface area contributed by atoms with Crippen LogP contribution >= 0.6 is 0 Å². The monoisotopic (exact) mass is 222 g/mol. The molecule has 0 aromatic heterocycles. The molecular formula is C15H26O. The Bertz CT molecular complexity index is 267. The van der Waals surface area contributed by atoms with Crippen molar-refractivity contribution in [1.29, 1.82) is 0 Å². The van der Waals surface area contributed by atoms with Crippen molar-refractivity contribution in [2.45, 2.75) is 46.5 Å². The van der Waals surface area contributed by atoms with Gasteiger partial charge in [-0.2, -0.15) is 0 Å². The second-order valence-corrected chi connectivity index (χ2v) is 6.25. The molecule has 1 N–H and O–H groups in total. The first-order valence-electron chi connectivity index (χ1n) is 6.90. The summed E-state index contributed by atoms with van der Waals surface area (Å²) >= 11 is 0. The molecule has 0 aromatic rings. The topological polar surface area (TPSA) is 20.2 Å². The van der Waals surface area contributed by atoms with Gasteiger partial charge in [0.2, 0.25) is 0 Å². The zero-order valence-corrected chi connectivity index (χ0v) is 10.9. The maximum atomic E-state index is 9.50. The van der Waals surface area contributed by atoms with Crippen LogP contribution in [-0.4, -0.2) is 11.7 Å². The predicted octanol–water partition coefficient (Wildman–Crippen LogP) is 3.63. The maximum absolute atomic E-state index is 9.50. The van der Waals surface area contributed by atoms with Crippen LogP contribution in [0.3, 0.4) is 0 Å². The van der Waals surface area contributed by atoms with Gasteiger partial charge in [0.15, 0.2) is 0 Å². The summed E-state index contributed by atoms with van der Waals surface area (Å²) in [5.41, 5.74) is 1.57. The Morgan fingerprint density at radius 1 is 1.31 bits per heavy atom. The van der Waals surface area contributed by atoms with E-state index in [9.17, 15) is 5.11 Å². The average molecular weight is 222 g/mol. The molecule has 4 atom stereocenters. The zero-order valence-electron chi connectivity index (χ0n) is 10.9. The Labute approximate surface area is 99.9 Å². The van der Waals surface area contributed by atoms with Crippen LogP contribution in [0.15, 0.2) is 11.6 Å². The van der Waals surface area contributed by atoms with E-state index in [0.29, 0.717) is 12.5 Å². The van der Waals surface area contributed by atoms with Crippen molar-refractivity contribution in [2.24, 2.45) is 29.6 Å². The molecule has 92 valence electrons. The van der Waals surface area contributed by atoms with Gasteiger partial charge in [-0.25, -0.2) is 0 Å². The molecule has 0 spiro atoms. The molecule has 0 bridgehead atoms. The smallest absolute Gasteiger partial charge is 0.0462 e. The molecule has 0 amide bonds. The molecule has 2 rings (SSSR count). The van der Waals surface area contributed by atoms with Gasteiger partial charge in [0, 0.05) is 6.61 Å². The van der Waals surface area contributed by atoms with Crippen LogP contribution in [-0.2, 0) is 0 Å². The van der Waals surface area contributed by atoms with Gasteiger partial charge in [0.05, 0.1) is 0 Å². The Balaban J connectivity index is 2.17. The maximum Gasteiger partial charge on any atom is 0.0462 e. The van der Waals surface area contributed by atoms with Crippen molar-refractivity contribution >= 4 is 0 Å². The van der Waals surface area contributed by atoms with Gasteiger partial charge >= 0.3 is 0 Å². The summed E-state index contributed by atoms with van der Waals surface area (Å²) in [6, 6.07) is 0. The number of rotatable bonds is 2. The van der Waals surface area contributed by atoms with Crippen molar-refractivity contribution in [3.05, 3.63) is 11.6 Å². The Kier molecular flexibility index (Phi) is 3.73. The van der Waals surface area contributed by atoms with Gasteiger partial charge in [-0.05, 0) is 62.2 Å². The van der Waals surface area contributed by atoms with E-state index < -0.39 is 0 Å². The molecule has 0 radical (unpaired) electrons. The molecule has 2 unspecified atom stereocenters. The fourth-order valence-electron chi connectivity index (χ4n) is 4.02. The molecule has 1 heteroatoms. The third-order valence-electron chi connectivity index (χ3n) is 4.96. The summed E-state index contributed by atoms with van der Waals surface area (Å²) in [6.45, 7) is 7.42. The quantitative estimate of drug-likeness (QED) is 0.707. The van der Waals surface area contributed by atoms with Crippen molar-refractivity contribution < 1.29 is 5.11 Å². The largest absolute Gasteiger partial charge is 0.396 e. The lowest BCUT2D eigenvalue weighted by Gasteiger charge is -2.46. The lowest BCUT2D eigenvalue weighted by atomic mass is 9.59. The van der Waals surface area contributed by atoms with E-state index in [4.69, 9.17) is 0 Å². The Morgan fingerprint density at radius 3 is 2.69 bits per heavy atom. The molecular weight excluding hydrogens is 196 g/mol. The molecule has 0 aliphatic heterocycles. The summed E-state index contributed by atoms with van der Waals surface area (Å²) in [7, 11) is 0. The summed E-state index contributed by atoms with van der Waals surface area (Å²) in [5, 5.41) is 9.50. The molecule has 1 saturated carbocycles. The summed E-state index contributed by atoms with van der Waals surface area (Å²) in [4.78, 5) is 0. The lowest BCUT2D eigenvalue weighted by molar-refractivity contribution is 0.0273. The third kappa shape index (κ3) is 2.20. The molecule has 0 aromatic carbocycles. The van der Waals surface area contributed by atoms with Crippen LogP contribution in [0, 0.1) is 29.6 Å². The van der Waals surface area contributed by atoms with Crippen LogP contribution in [0.25, 0.3) is 0 Å². The standard InChI is InChI=1S/C15H26O/c1-10(2)13-7-5-12(9-16)14-6-4-11(3)8-15(13)14/h4,10,12-16H,5-9H2,1-3H3/t12?,13?,14-,15-/m0/s1. The van der Waals surface area contributed by atoms with Gasteiger partial charge in [0.1, 0.15) is 0 Å². The molecule has 2 aliphatic rings. The van der Waals surface area contributed by atoms with Gasteiger partial charge in [-0.1, -0.05) is 25.5 Å². The molecule has 1 nitrogen and oxygen atoms in total. The lowest BCUT2D eigenvalue weighted by Crippen LogP contribution is -2.39. The minimum absolute atomic E-state index is 0.402. The van der Waals surface area contributed by atoms with Crippen molar-refractivity contribution in [1.82, 2.24) is 0 Å². The van der Waals surface area contributed by atoms with E-state index in [1.807, 2.05) is 0 Å². The van der Waals surface area contributed by atoms with E-state index in [2.05, 4.69) is 26.8 Å². The van der Waals surface area contributed by atoms with Crippen LogP contribution in [0.5, 0.6) is 0 Å². The van der Waals surface area contributed by atoms with Gasteiger partial charge in [0.25, 0.3) is 0 Å². The number of hydrogen-bond donors (Lipinski definition) is 1. The highest BCUT2D eigenvalue weighted by Crippen LogP contribution is 2.48. The molecule has 16 heavy (non-hydrogen) atoms. The van der Waals surface area contributed by atoms with Crippen molar-refractivity contribution in [2.75, 3.05) is 6.61 Å². The molecule has 1 fully saturated rings. The SMILES string of the molecule is CC1=CC[C@H]2C(CO)CCC(C(C)C)[C@@H]2C1. The molecule has 0 heterocycles. The van der Waals surface area contributed by atoms with Gasteiger partial charge in [-0.3, -0.25) is 0 Å². The van der Waals surface area contributed by atoms with E-state index in [-0.39, 0.29) is 0 Å². The number of fused-ring (bicyclic) bond motifs is 1. The number of aliphatic hydroxyl groups excluding tert-OH is 1. The summed E-state index contributed by atoms with van der Waals surface area (Å²) in [6.07, 6.45) is 7.48. The highest BCUT2D eigenvalue weighted by atomic mass is 16.3. The van der Waals surface area contributed by atoms with E-state index in [0.717, 1.165) is 23.7 Å². The van der Waals surface area contributed by atoms with E-state index in [1.165, 1.54) is 25.7 Å². The van der Waals surface area contributed by atoms with E-state index in [1.54, 1.807) is 5.57 Å². The fourth-order valence-corrected chi connectivity index (χ4v) is 4.02. The molecule has 2 aliphatic carbocycles. The van der Waals surface area contributed by atoms with Crippen LogP contribution in [0.4, 0.5) is 0 Å². The Morgan fingerprint density at radius 2 is 2.06 bits per heavy atom. The fraction of sp³-hybridized carbons (Fsp3) is 0.867. The van der Waals surface area contributed by atoms with Crippen LogP contribution in [0.1, 0.15) is 46.5 Å². The normalized spacial score (nSPS) is 39.4. The predicted molar refractivity (Wildman–Crippen MR) is 68.1 cm³/mol. The number of hydrogen-bond acceptors (Lipinski definition) is 1. The summed E-state index contributed by atoms with van der Waals surface area (Å²) in [5.74, 6) is 3.87. The first kappa shape index (κ1) is 12.2. The van der Waals surface area contributed by atoms with Crippen LogP contribution in [0.2, 0.25) is 0 Å². The van der Waals surface area contributed by atoms with Crippen LogP contribution < -0.4 is 0 Å². The highest BCUT2D eigenvalue weighted by molar-refractivity contribution is 5.09.